The molecule has 19 heavy (non-hydrogen) atoms. The summed E-state index contributed by atoms with van der Waals surface area (Å²) >= 11 is 3.47. The number of rotatable bonds is 3. The molecule has 0 aliphatic carbocycles. The molecule has 0 heterocycles. The first kappa shape index (κ1) is 13.6. The molecule has 0 saturated heterocycles. The van der Waals surface area contributed by atoms with Crippen LogP contribution in [0.2, 0.25) is 0 Å². The van der Waals surface area contributed by atoms with E-state index in [-0.39, 0.29) is 6.04 Å². The summed E-state index contributed by atoms with van der Waals surface area (Å²) in [5, 5.41) is 12.6. The highest BCUT2D eigenvalue weighted by atomic mass is 79.9. The van der Waals surface area contributed by atoms with E-state index in [1.807, 2.05) is 37.3 Å². The van der Waals surface area contributed by atoms with Gasteiger partial charge in [-0.25, -0.2) is 0 Å². The van der Waals surface area contributed by atoms with Crippen molar-refractivity contribution in [3.8, 4) is 6.07 Å². The molecule has 2 aromatic carbocycles. The molecule has 0 bridgehead atoms. The number of nitriles is 1. The van der Waals surface area contributed by atoms with E-state index in [9.17, 15) is 5.26 Å². The fraction of sp³-hybridized carbons (Fsp3) is 0.188. The van der Waals surface area contributed by atoms with E-state index in [0.29, 0.717) is 5.56 Å². The van der Waals surface area contributed by atoms with Crippen LogP contribution in [0.5, 0.6) is 0 Å². The Morgan fingerprint density at radius 1 is 1.21 bits per heavy atom. The molecule has 0 aliphatic heterocycles. The summed E-state index contributed by atoms with van der Waals surface area (Å²) in [6.07, 6.45) is 0. The molecule has 0 spiro atoms. The number of hydrogen-bond donors (Lipinski definition) is 1. The van der Waals surface area contributed by atoms with E-state index in [1.165, 1.54) is 5.56 Å². The summed E-state index contributed by atoms with van der Waals surface area (Å²) in [6, 6.07) is 16.4. The van der Waals surface area contributed by atoms with Crippen molar-refractivity contribution in [3.05, 3.63) is 63.6 Å². The minimum absolute atomic E-state index is 0.146. The van der Waals surface area contributed by atoms with Crippen molar-refractivity contribution in [2.75, 3.05) is 5.32 Å². The zero-order valence-corrected chi connectivity index (χ0v) is 12.5. The first-order valence-corrected chi connectivity index (χ1v) is 6.92. The van der Waals surface area contributed by atoms with Gasteiger partial charge in [-0.2, -0.15) is 5.26 Å². The van der Waals surface area contributed by atoms with Gasteiger partial charge >= 0.3 is 0 Å². The van der Waals surface area contributed by atoms with E-state index in [4.69, 9.17) is 0 Å². The van der Waals surface area contributed by atoms with Crippen molar-refractivity contribution >= 4 is 21.6 Å². The molecule has 2 rings (SSSR count). The molecule has 1 atom stereocenters. The number of nitrogens with one attached hydrogen (secondary N) is 1. The highest BCUT2D eigenvalue weighted by molar-refractivity contribution is 9.10. The van der Waals surface area contributed by atoms with Crippen LogP contribution in [-0.4, -0.2) is 0 Å². The van der Waals surface area contributed by atoms with Crippen LogP contribution in [0.1, 0.15) is 29.7 Å². The number of hydrogen-bond acceptors (Lipinski definition) is 2. The van der Waals surface area contributed by atoms with E-state index in [2.05, 4.69) is 46.4 Å². The van der Waals surface area contributed by atoms with Gasteiger partial charge in [-0.05, 0) is 49.2 Å². The average molecular weight is 315 g/mol. The normalized spacial score (nSPS) is 11.7. The van der Waals surface area contributed by atoms with Gasteiger partial charge in [-0.15, -0.1) is 0 Å². The van der Waals surface area contributed by atoms with Gasteiger partial charge in [0.05, 0.1) is 11.3 Å². The van der Waals surface area contributed by atoms with Crippen molar-refractivity contribution in [2.45, 2.75) is 19.9 Å². The number of aryl methyl sites for hydroxylation is 1. The third kappa shape index (κ3) is 3.36. The second kappa shape index (κ2) is 5.90. The van der Waals surface area contributed by atoms with E-state index in [0.717, 1.165) is 15.7 Å². The zero-order valence-electron chi connectivity index (χ0n) is 10.9. The summed E-state index contributed by atoms with van der Waals surface area (Å²) in [6.45, 7) is 4.07. The lowest BCUT2D eigenvalue weighted by molar-refractivity contribution is 0.883. The maximum atomic E-state index is 9.17. The zero-order chi connectivity index (χ0) is 13.8. The van der Waals surface area contributed by atoms with Crippen LogP contribution in [0.25, 0.3) is 0 Å². The van der Waals surface area contributed by atoms with Crippen LogP contribution in [0.4, 0.5) is 5.69 Å². The summed E-state index contributed by atoms with van der Waals surface area (Å²) in [5.41, 5.74) is 3.83. The Labute approximate surface area is 122 Å². The van der Waals surface area contributed by atoms with E-state index < -0.39 is 0 Å². The number of benzene rings is 2. The molecule has 0 amide bonds. The van der Waals surface area contributed by atoms with Gasteiger partial charge in [0.15, 0.2) is 0 Å². The van der Waals surface area contributed by atoms with Gasteiger partial charge in [0.1, 0.15) is 6.07 Å². The highest BCUT2D eigenvalue weighted by Gasteiger charge is 2.08. The van der Waals surface area contributed by atoms with Crippen molar-refractivity contribution < 1.29 is 0 Å². The summed E-state index contributed by atoms with van der Waals surface area (Å²) in [5.74, 6) is 0. The smallest absolute Gasteiger partial charge is 0.101 e. The Morgan fingerprint density at radius 2 is 2.00 bits per heavy atom. The van der Waals surface area contributed by atoms with Gasteiger partial charge in [0.25, 0.3) is 0 Å². The summed E-state index contributed by atoms with van der Waals surface area (Å²) in [4.78, 5) is 0. The second-order valence-electron chi connectivity index (χ2n) is 4.58. The van der Waals surface area contributed by atoms with Crippen LogP contribution in [0.15, 0.2) is 46.9 Å². The quantitative estimate of drug-likeness (QED) is 0.883. The molecule has 0 fully saturated rings. The lowest BCUT2D eigenvalue weighted by atomic mass is 10.1. The predicted molar refractivity (Wildman–Crippen MR) is 82.1 cm³/mol. The molecule has 0 aromatic heterocycles. The van der Waals surface area contributed by atoms with E-state index in [1.54, 1.807) is 0 Å². The minimum Gasteiger partial charge on any atom is -0.377 e. The Hall–Kier alpha value is -1.79. The number of nitrogens with zero attached hydrogens (tertiary/aromatic N) is 1. The Kier molecular flexibility index (Phi) is 4.24. The molecule has 1 unspecified atom stereocenters. The van der Waals surface area contributed by atoms with Crippen molar-refractivity contribution in [1.82, 2.24) is 0 Å². The first-order chi connectivity index (χ1) is 9.10. The van der Waals surface area contributed by atoms with Crippen molar-refractivity contribution in [1.29, 1.82) is 5.26 Å². The summed E-state index contributed by atoms with van der Waals surface area (Å²) < 4.78 is 1.06. The average Bonchev–Trinajstić information content (AvgIpc) is 2.40. The fourth-order valence-electron chi connectivity index (χ4n) is 1.97. The molecule has 0 radical (unpaired) electrons. The fourth-order valence-corrected chi connectivity index (χ4v) is 2.39. The topological polar surface area (TPSA) is 35.8 Å². The van der Waals surface area contributed by atoms with Crippen LogP contribution in [0, 0.1) is 18.3 Å². The molecular weight excluding hydrogens is 300 g/mol. The van der Waals surface area contributed by atoms with Gasteiger partial charge in [-0.3, -0.25) is 0 Å². The van der Waals surface area contributed by atoms with E-state index >= 15 is 0 Å². The molecular formula is C16H15BrN2. The van der Waals surface area contributed by atoms with Gasteiger partial charge in [0.2, 0.25) is 0 Å². The molecule has 1 N–H and O–H groups in total. The molecule has 2 nitrogen and oxygen atoms in total. The molecule has 0 saturated carbocycles. The third-order valence-electron chi connectivity index (χ3n) is 3.02. The van der Waals surface area contributed by atoms with Crippen molar-refractivity contribution in [2.24, 2.45) is 0 Å². The van der Waals surface area contributed by atoms with Crippen LogP contribution >= 0.6 is 15.9 Å². The minimum atomic E-state index is 0.146. The number of halogens is 1. The van der Waals surface area contributed by atoms with Crippen LogP contribution in [0.3, 0.4) is 0 Å². The largest absolute Gasteiger partial charge is 0.377 e. The molecule has 0 aliphatic rings. The Bertz CT molecular complexity index is 629. The second-order valence-corrected chi connectivity index (χ2v) is 5.50. The standard InChI is InChI=1S/C16H15BrN2/c1-11-6-7-16(14(8-11)10-18)19-12(2)13-4-3-5-15(17)9-13/h3-9,12,19H,1-2H3. The highest BCUT2D eigenvalue weighted by Crippen LogP contribution is 2.24. The molecule has 2 aromatic rings. The lowest BCUT2D eigenvalue weighted by Gasteiger charge is -2.17. The molecule has 96 valence electrons. The predicted octanol–water partition coefficient (Wildman–Crippen LogP) is 4.80. The summed E-state index contributed by atoms with van der Waals surface area (Å²) in [7, 11) is 0. The lowest BCUT2D eigenvalue weighted by Crippen LogP contribution is -2.07. The molecule has 3 heteroatoms. The maximum Gasteiger partial charge on any atom is 0.101 e. The Balaban J connectivity index is 2.24. The van der Waals surface area contributed by atoms with Gasteiger partial charge < -0.3 is 5.32 Å². The first-order valence-electron chi connectivity index (χ1n) is 6.13. The third-order valence-corrected chi connectivity index (χ3v) is 3.51. The monoisotopic (exact) mass is 314 g/mol. The Morgan fingerprint density at radius 3 is 2.68 bits per heavy atom. The van der Waals surface area contributed by atoms with Crippen LogP contribution in [-0.2, 0) is 0 Å². The van der Waals surface area contributed by atoms with Crippen LogP contribution < -0.4 is 5.32 Å². The SMILES string of the molecule is Cc1ccc(NC(C)c2cccc(Br)c2)c(C#N)c1. The number of anilines is 1. The van der Waals surface area contributed by atoms with Gasteiger partial charge in [-0.1, -0.05) is 34.1 Å². The maximum absolute atomic E-state index is 9.17. The van der Waals surface area contributed by atoms with Gasteiger partial charge in [0, 0.05) is 10.5 Å². The van der Waals surface area contributed by atoms with Crippen molar-refractivity contribution in [3.63, 3.8) is 0 Å².